The Morgan fingerprint density at radius 2 is 1.80 bits per heavy atom. The summed E-state index contributed by atoms with van der Waals surface area (Å²) in [5.41, 5.74) is 0.709. The highest BCUT2D eigenvalue weighted by Gasteiger charge is 2.32. The molecule has 10 nitrogen and oxygen atoms in total. The number of urea groups is 1. The molecule has 0 unspecified atom stereocenters. The standard InChI is InChI=1S/C20H25N3O7/c1-4-14-17(19(26)29-5-2)15(23-20(27)22-14)11-30-16(24)10-21-18(25)12-6-8-13(28-3)9-7-12/h6-9,14H,4-5,10-11H2,1-3H3,(H,21,25)(H2,22,23,27)/t14-/m1/s1. The number of nitrogens with one attached hydrogen (secondary N) is 3. The van der Waals surface area contributed by atoms with Crippen LogP contribution in [0, 0.1) is 0 Å². The van der Waals surface area contributed by atoms with E-state index < -0.39 is 29.9 Å². The first-order valence-electron chi connectivity index (χ1n) is 9.45. The van der Waals surface area contributed by atoms with Crippen LogP contribution in [-0.4, -0.2) is 56.8 Å². The molecule has 1 aliphatic rings. The topological polar surface area (TPSA) is 132 Å². The fourth-order valence-corrected chi connectivity index (χ4v) is 2.78. The molecule has 1 aliphatic heterocycles. The Hall–Kier alpha value is -3.56. The molecule has 3 N–H and O–H groups in total. The highest BCUT2D eigenvalue weighted by atomic mass is 16.5. The lowest BCUT2D eigenvalue weighted by molar-refractivity contribution is -0.142. The van der Waals surface area contributed by atoms with E-state index in [1.54, 1.807) is 38.1 Å². The predicted octanol–water partition coefficient (Wildman–Crippen LogP) is 0.877. The molecule has 0 aromatic heterocycles. The van der Waals surface area contributed by atoms with Gasteiger partial charge < -0.3 is 30.2 Å². The van der Waals surface area contributed by atoms with Gasteiger partial charge in [-0.3, -0.25) is 9.59 Å². The van der Waals surface area contributed by atoms with Crippen molar-refractivity contribution in [2.24, 2.45) is 0 Å². The maximum atomic E-state index is 12.3. The molecule has 3 amide bonds. The lowest BCUT2D eigenvalue weighted by Crippen LogP contribution is -2.51. The van der Waals surface area contributed by atoms with Gasteiger partial charge in [0.25, 0.3) is 5.91 Å². The van der Waals surface area contributed by atoms with Gasteiger partial charge in [-0.05, 0) is 37.6 Å². The summed E-state index contributed by atoms with van der Waals surface area (Å²) in [5.74, 6) is -1.18. The zero-order chi connectivity index (χ0) is 22.1. The maximum Gasteiger partial charge on any atom is 0.338 e. The first-order valence-corrected chi connectivity index (χ1v) is 9.45. The summed E-state index contributed by atoms with van der Waals surface area (Å²) in [5, 5.41) is 7.55. The maximum absolute atomic E-state index is 12.3. The minimum atomic E-state index is -0.728. The van der Waals surface area contributed by atoms with Crippen LogP contribution < -0.4 is 20.7 Å². The van der Waals surface area contributed by atoms with Crippen LogP contribution in [0.3, 0.4) is 0 Å². The van der Waals surface area contributed by atoms with E-state index >= 15 is 0 Å². The van der Waals surface area contributed by atoms with Gasteiger partial charge >= 0.3 is 18.0 Å². The minimum absolute atomic E-state index is 0.152. The quantitative estimate of drug-likeness (QED) is 0.506. The number of carbonyl (C=O) groups excluding carboxylic acids is 4. The van der Waals surface area contributed by atoms with E-state index in [1.165, 1.54) is 7.11 Å². The molecule has 162 valence electrons. The van der Waals surface area contributed by atoms with Crippen molar-refractivity contribution in [3.05, 3.63) is 41.1 Å². The van der Waals surface area contributed by atoms with Crippen LogP contribution in [0.25, 0.3) is 0 Å². The molecule has 0 saturated carbocycles. The van der Waals surface area contributed by atoms with E-state index in [0.29, 0.717) is 17.7 Å². The molecule has 1 aromatic carbocycles. The molecular weight excluding hydrogens is 394 g/mol. The minimum Gasteiger partial charge on any atom is -0.497 e. The molecule has 2 rings (SSSR count). The highest BCUT2D eigenvalue weighted by molar-refractivity contribution is 5.96. The second-order valence-electron chi connectivity index (χ2n) is 6.24. The fourth-order valence-electron chi connectivity index (χ4n) is 2.78. The Kier molecular flexibility index (Phi) is 8.21. The van der Waals surface area contributed by atoms with Gasteiger partial charge in [0.2, 0.25) is 0 Å². The van der Waals surface area contributed by atoms with Gasteiger partial charge in [-0.25, -0.2) is 9.59 Å². The van der Waals surface area contributed by atoms with Crippen molar-refractivity contribution in [3.8, 4) is 5.75 Å². The molecule has 10 heteroatoms. The summed E-state index contributed by atoms with van der Waals surface area (Å²) in [6, 6.07) is 5.31. The molecular formula is C20H25N3O7. The summed E-state index contributed by atoms with van der Waals surface area (Å²) in [6.07, 6.45) is 0.455. The molecule has 0 bridgehead atoms. The van der Waals surface area contributed by atoms with E-state index in [9.17, 15) is 19.2 Å². The zero-order valence-corrected chi connectivity index (χ0v) is 17.1. The van der Waals surface area contributed by atoms with E-state index in [0.717, 1.165) is 0 Å². The third kappa shape index (κ3) is 5.97. The number of ether oxygens (including phenoxy) is 3. The fraction of sp³-hybridized carbons (Fsp3) is 0.400. The summed E-state index contributed by atoms with van der Waals surface area (Å²) in [6.45, 7) is 2.91. The number of carbonyl (C=O) groups is 4. The van der Waals surface area contributed by atoms with Gasteiger partial charge in [0.15, 0.2) is 0 Å². The number of esters is 2. The Balaban J connectivity index is 1.97. The zero-order valence-electron chi connectivity index (χ0n) is 17.1. The van der Waals surface area contributed by atoms with Crippen molar-refractivity contribution in [1.82, 2.24) is 16.0 Å². The Morgan fingerprint density at radius 3 is 2.40 bits per heavy atom. The number of methoxy groups -OCH3 is 1. The van der Waals surface area contributed by atoms with Crippen molar-refractivity contribution in [3.63, 3.8) is 0 Å². The Morgan fingerprint density at radius 1 is 1.10 bits per heavy atom. The lowest BCUT2D eigenvalue weighted by Gasteiger charge is -2.28. The summed E-state index contributed by atoms with van der Waals surface area (Å²) in [4.78, 5) is 48.2. The molecule has 0 radical (unpaired) electrons. The first-order chi connectivity index (χ1) is 14.4. The Labute approximate surface area is 173 Å². The van der Waals surface area contributed by atoms with Gasteiger partial charge in [-0.15, -0.1) is 0 Å². The second kappa shape index (κ2) is 10.8. The van der Waals surface area contributed by atoms with Crippen molar-refractivity contribution in [1.29, 1.82) is 0 Å². The SMILES string of the molecule is CCOC(=O)C1=C(COC(=O)CNC(=O)c2ccc(OC)cc2)NC(=O)N[C@@H]1CC. The van der Waals surface area contributed by atoms with Crippen LogP contribution in [0.1, 0.15) is 30.6 Å². The Bertz CT molecular complexity index is 833. The molecule has 1 heterocycles. The molecule has 1 atom stereocenters. The van der Waals surface area contributed by atoms with Crippen LogP contribution in [0.2, 0.25) is 0 Å². The average molecular weight is 419 g/mol. The molecule has 0 fully saturated rings. The van der Waals surface area contributed by atoms with Gasteiger partial charge in [0.1, 0.15) is 18.9 Å². The summed E-state index contributed by atoms with van der Waals surface area (Å²) < 4.78 is 15.2. The number of hydrogen-bond acceptors (Lipinski definition) is 7. The largest absolute Gasteiger partial charge is 0.497 e. The molecule has 1 aromatic rings. The van der Waals surface area contributed by atoms with Crippen LogP contribution in [0.5, 0.6) is 5.75 Å². The van der Waals surface area contributed by atoms with Gasteiger partial charge in [0.05, 0.1) is 31.0 Å². The van der Waals surface area contributed by atoms with E-state index in [2.05, 4.69) is 16.0 Å². The van der Waals surface area contributed by atoms with Crippen molar-refractivity contribution >= 4 is 23.9 Å². The van der Waals surface area contributed by atoms with Crippen molar-refractivity contribution < 1.29 is 33.4 Å². The van der Waals surface area contributed by atoms with Crippen molar-refractivity contribution in [2.75, 3.05) is 26.9 Å². The van der Waals surface area contributed by atoms with E-state index in [-0.39, 0.29) is 31.0 Å². The summed E-state index contributed by atoms with van der Waals surface area (Å²) >= 11 is 0. The predicted molar refractivity (Wildman–Crippen MR) is 106 cm³/mol. The number of rotatable bonds is 9. The van der Waals surface area contributed by atoms with Crippen LogP contribution in [0.15, 0.2) is 35.5 Å². The van der Waals surface area contributed by atoms with Crippen LogP contribution >= 0.6 is 0 Å². The molecule has 30 heavy (non-hydrogen) atoms. The van der Waals surface area contributed by atoms with Gasteiger partial charge in [0, 0.05) is 5.56 Å². The first kappa shape index (κ1) is 22.7. The lowest BCUT2D eigenvalue weighted by atomic mass is 10.0. The highest BCUT2D eigenvalue weighted by Crippen LogP contribution is 2.17. The number of hydrogen-bond donors (Lipinski definition) is 3. The normalized spacial score (nSPS) is 15.6. The smallest absolute Gasteiger partial charge is 0.338 e. The number of benzene rings is 1. The van der Waals surface area contributed by atoms with E-state index in [4.69, 9.17) is 14.2 Å². The molecule has 0 spiro atoms. The summed E-state index contributed by atoms with van der Waals surface area (Å²) in [7, 11) is 1.52. The molecule has 0 aliphatic carbocycles. The second-order valence-corrected chi connectivity index (χ2v) is 6.24. The van der Waals surface area contributed by atoms with Crippen LogP contribution in [0.4, 0.5) is 4.79 Å². The van der Waals surface area contributed by atoms with Crippen molar-refractivity contribution in [2.45, 2.75) is 26.3 Å². The average Bonchev–Trinajstić information content (AvgIpc) is 2.75. The monoisotopic (exact) mass is 419 g/mol. The third-order valence-electron chi connectivity index (χ3n) is 4.27. The third-order valence-corrected chi connectivity index (χ3v) is 4.27. The van der Waals surface area contributed by atoms with Crippen LogP contribution in [-0.2, 0) is 19.1 Å². The van der Waals surface area contributed by atoms with E-state index in [1.807, 2.05) is 0 Å². The van der Waals surface area contributed by atoms with Gasteiger partial charge in [-0.1, -0.05) is 6.92 Å². The molecule has 0 saturated heterocycles. The number of amides is 3. The van der Waals surface area contributed by atoms with Gasteiger partial charge in [-0.2, -0.15) is 0 Å².